The molecule has 0 radical (unpaired) electrons. The van der Waals surface area contributed by atoms with Gasteiger partial charge >= 0.3 is 0 Å². The van der Waals surface area contributed by atoms with Crippen LogP contribution >= 0.6 is 0 Å². The maximum Gasteiger partial charge on any atom is 0.243 e. The highest BCUT2D eigenvalue weighted by Crippen LogP contribution is 2.30. The Hall–Kier alpha value is -2.78. The molecule has 0 bridgehead atoms. The number of methoxy groups -OCH3 is 2. The highest BCUT2D eigenvalue weighted by molar-refractivity contribution is 7.89. The van der Waals surface area contributed by atoms with E-state index in [1.807, 2.05) is 19.9 Å². The summed E-state index contributed by atoms with van der Waals surface area (Å²) < 4.78 is 43.4. The van der Waals surface area contributed by atoms with Crippen molar-refractivity contribution < 1.29 is 27.4 Å². The van der Waals surface area contributed by atoms with Gasteiger partial charge in [0.05, 0.1) is 38.3 Å². The third kappa shape index (κ3) is 5.92. The summed E-state index contributed by atoms with van der Waals surface area (Å²) in [6, 6.07) is 9.71. The molecule has 0 fully saturated rings. The zero-order valence-corrected chi connectivity index (χ0v) is 20.3. The Bertz CT molecular complexity index is 1040. The van der Waals surface area contributed by atoms with Crippen molar-refractivity contribution >= 4 is 15.9 Å². The fraction of sp³-hybridized carbons (Fsp3) is 0.435. The number of nitrogens with one attached hydrogen (secondary N) is 1. The second-order valence-corrected chi connectivity index (χ2v) is 9.13. The highest BCUT2D eigenvalue weighted by Gasteiger charge is 2.26. The van der Waals surface area contributed by atoms with Crippen molar-refractivity contribution in [3.8, 4) is 17.2 Å². The fourth-order valence-corrected chi connectivity index (χ4v) is 4.76. The summed E-state index contributed by atoms with van der Waals surface area (Å²) in [5.41, 5.74) is 1.53. The lowest BCUT2D eigenvalue weighted by atomic mass is 10.1. The molecule has 0 saturated heterocycles. The van der Waals surface area contributed by atoms with Crippen LogP contribution in [-0.4, -0.2) is 52.5 Å². The summed E-state index contributed by atoms with van der Waals surface area (Å²) in [7, 11) is -0.751. The average molecular weight is 465 g/mol. The predicted molar refractivity (Wildman–Crippen MR) is 123 cm³/mol. The molecule has 2 rings (SSSR count). The van der Waals surface area contributed by atoms with Gasteiger partial charge in [-0.3, -0.25) is 4.79 Å². The van der Waals surface area contributed by atoms with Gasteiger partial charge in [0, 0.05) is 6.54 Å². The van der Waals surface area contributed by atoms with Gasteiger partial charge in [-0.15, -0.1) is 0 Å². The highest BCUT2D eigenvalue weighted by atomic mass is 32.2. The quantitative estimate of drug-likeness (QED) is 0.548. The first-order valence-electron chi connectivity index (χ1n) is 10.4. The van der Waals surface area contributed by atoms with Crippen LogP contribution in [0.25, 0.3) is 0 Å². The van der Waals surface area contributed by atoms with Crippen LogP contribution in [0.1, 0.15) is 37.9 Å². The summed E-state index contributed by atoms with van der Waals surface area (Å²) in [5.74, 6) is 1.37. The van der Waals surface area contributed by atoms with Crippen LogP contribution in [0.15, 0.2) is 41.3 Å². The number of nitrogens with zero attached hydrogens (tertiary/aromatic N) is 1. The molecule has 0 aliphatic rings. The smallest absolute Gasteiger partial charge is 0.243 e. The van der Waals surface area contributed by atoms with E-state index in [0.717, 1.165) is 15.4 Å². The van der Waals surface area contributed by atoms with Crippen LogP contribution in [0, 0.1) is 6.92 Å². The minimum Gasteiger partial charge on any atom is -0.494 e. The van der Waals surface area contributed by atoms with Crippen LogP contribution in [-0.2, 0) is 14.8 Å². The van der Waals surface area contributed by atoms with Gasteiger partial charge in [0.2, 0.25) is 15.9 Å². The molecule has 0 aliphatic heterocycles. The van der Waals surface area contributed by atoms with Crippen LogP contribution < -0.4 is 19.5 Å². The predicted octanol–water partition coefficient (Wildman–Crippen LogP) is 3.30. The van der Waals surface area contributed by atoms with E-state index < -0.39 is 15.9 Å². The van der Waals surface area contributed by atoms with Crippen molar-refractivity contribution in [1.29, 1.82) is 0 Å². The second-order valence-electron chi connectivity index (χ2n) is 7.20. The van der Waals surface area contributed by atoms with Crippen LogP contribution in [0.3, 0.4) is 0 Å². The van der Waals surface area contributed by atoms with E-state index in [9.17, 15) is 13.2 Å². The standard InChI is InChI=1S/C23H32N2O6S/c1-7-25(32(27,28)19-10-12-20(31-8-2)16(3)13-19)15-23(26)24-17(4)18-9-11-21(29-5)22(14-18)30-6/h9-14,17H,7-8,15H2,1-6H3,(H,24,26)/t17-/m1/s1. The minimum atomic E-state index is -3.84. The molecule has 1 amide bonds. The molecule has 9 heteroatoms. The van der Waals surface area contributed by atoms with E-state index in [0.29, 0.717) is 23.9 Å². The fourth-order valence-electron chi connectivity index (χ4n) is 3.27. The number of aryl methyl sites for hydroxylation is 1. The summed E-state index contributed by atoms with van der Waals surface area (Å²) in [6.07, 6.45) is 0. The van der Waals surface area contributed by atoms with E-state index in [4.69, 9.17) is 14.2 Å². The van der Waals surface area contributed by atoms with Gasteiger partial charge in [0.15, 0.2) is 11.5 Å². The van der Waals surface area contributed by atoms with Crippen molar-refractivity contribution in [3.63, 3.8) is 0 Å². The third-order valence-corrected chi connectivity index (χ3v) is 6.96. The normalized spacial score (nSPS) is 12.3. The lowest BCUT2D eigenvalue weighted by Crippen LogP contribution is -2.41. The van der Waals surface area contributed by atoms with Crippen LogP contribution in [0.2, 0.25) is 0 Å². The molecule has 0 unspecified atom stereocenters. The molecule has 2 aromatic carbocycles. The molecule has 2 aromatic rings. The Kier molecular flexibility index (Phi) is 8.91. The Morgan fingerprint density at radius 1 is 1.03 bits per heavy atom. The average Bonchev–Trinajstić information content (AvgIpc) is 2.78. The topological polar surface area (TPSA) is 94.2 Å². The monoisotopic (exact) mass is 464 g/mol. The van der Waals surface area contributed by atoms with Crippen LogP contribution in [0.4, 0.5) is 0 Å². The van der Waals surface area contributed by atoms with Gasteiger partial charge in [-0.2, -0.15) is 4.31 Å². The van der Waals surface area contributed by atoms with Crippen molar-refractivity contribution in [2.45, 2.75) is 38.6 Å². The van der Waals surface area contributed by atoms with Gasteiger partial charge in [0.1, 0.15) is 5.75 Å². The van der Waals surface area contributed by atoms with Crippen molar-refractivity contribution in [1.82, 2.24) is 9.62 Å². The first-order chi connectivity index (χ1) is 15.2. The van der Waals surface area contributed by atoms with Gasteiger partial charge < -0.3 is 19.5 Å². The number of amides is 1. The number of likely N-dealkylation sites (N-methyl/N-ethyl adjacent to an activating group) is 1. The molecule has 1 atom stereocenters. The maximum absolute atomic E-state index is 13.1. The summed E-state index contributed by atoms with van der Waals surface area (Å²) in [4.78, 5) is 12.8. The Morgan fingerprint density at radius 3 is 2.25 bits per heavy atom. The molecule has 0 aromatic heterocycles. The number of benzene rings is 2. The zero-order chi connectivity index (χ0) is 23.9. The minimum absolute atomic E-state index is 0.126. The number of hydrogen-bond donors (Lipinski definition) is 1. The first-order valence-corrected chi connectivity index (χ1v) is 11.9. The summed E-state index contributed by atoms with van der Waals surface area (Å²) in [6.45, 7) is 7.54. The van der Waals surface area contributed by atoms with E-state index in [1.54, 1.807) is 45.2 Å². The summed E-state index contributed by atoms with van der Waals surface area (Å²) >= 11 is 0. The number of ether oxygens (including phenoxy) is 3. The number of hydrogen-bond acceptors (Lipinski definition) is 6. The van der Waals surface area contributed by atoms with E-state index in [2.05, 4.69) is 5.32 Å². The molecule has 1 N–H and O–H groups in total. The van der Waals surface area contributed by atoms with E-state index in [1.165, 1.54) is 13.2 Å². The van der Waals surface area contributed by atoms with E-state index >= 15 is 0 Å². The molecule has 0 spiro atoms. The molecule has 0 aliphatic carbocycles. The number of carbonyl (C=O) groups excluding carboxylic acids is 1. The molecule has 0 heterocycles. The van der Waals surface area contributed by atoms with Crippen molar-refractivity contribution in [2.24, 2.45) is 0 Å². The molecular weight excluding hydrogens is 432 g/mol. The van der Waals surface area contributed by atoms with Gasteiger partial charge in [-0.05, 0) is 62.2 Å². The Balaban J connectivity index is 2.14. The molecule has 176 valence electrons. The molecule has 32 heavy (non-hydrogen) atoms. The largest absolute Gasteiger partial charge is 0.494 e. The van der Waals surface area contributed by atoms with Crippen molar-refractivity contribution in [3.05, 3.63) is 47.5 Å². The maximum atomic E-state index is 13.1. The second kappa shape index (κ2) is 11.2. The van der Waals surface area contributed by atoms with E-state index in [-0.39, 0.29) is 24.0 Å². The Morgan fingerprint density at radius 2 is 1.69 bits per heavy atom. The zero-order valence-electron chi connectivity index (χ0n) is 19.5. The third-order valence-electron chi connectivity index (χ3n) is 5.04. The SMILES string of the molecule is CCOc1ccc(S(=O)(=O)N(CC)CC(=O)N[C@H](C)c2ccc(OC)c(OC)c2)cc1C. The van der Waals surface area contributed by atoms with Crippen molar-refractivity contribution in [2.75, 3.05) is 33.9 Å². The number of sulfonamides is 1. The van der Waals surface area contributed by atoms with Gasteiger partial charge in [-0.25, -0.2) is 8.42 Å². The lowest BCUT2D eigenvalue weighted by molar-refractivity contribution is -0.121. The molecule has 0 saturated carbocycles. The number of carbonyl (C=O) groups is 1. The number of rotatable bonds is 11. The first kappa shape index (κ1) is 25.5. The lowest BCUT2D eigenvalue weighted by Gasteiger charge is -2.22. The van der Waals surface area contributed by atoms with Crippen LogP contribution in [0.5, 0.6) is 17.2 Å². The summed E-state index contributed by atoms with van der Waals surface area (Å²) in [5, 5.41) is 2.85. The Labute approximate surface area is 190 Å². The van der Waals surface area contributed by atoms with Gasteiger partial charge in [0.25, 0.3) is 0 Å². The van der Waals surface area contributed by atoms with Gasteiger partial charge in [-0.1, -0.05) is 13.0 Å². The molecular formula is C23H32N2O6S. The molecule has 8 nitrogen and oxygen atoms in total.